The van der Waals surface area contributed by atoms with Gasteiger partial charge >= 0.3 is 5.97 Å². The molecule has 8 heteroatoms. The quantitative estimate of drug-likeness (QED) is 0.722. The standard InChI is InChI=1S/C13H11ClN4O2S/c1-20-12(19)11-9-4-7(2-3-10(9)17-18-11)15-5-8-6-16-13(14)21-8/h2-4,6,15H,5H2,1H3,(H,17,18). The van der Waals surface area contributed by atoms with Gasteiger partial charge in [-0.2, -0.15) is 5.10 Å². The monoisotopic (exact) mass is 322 g/mol. The van der Waals surface area contributed by atoms with E-state index in [0.29, 0.717) is 16.4 Å². The van der Waals surface area contributed by atoms with Gasteiger partial charge in [0.1, 0.15) is 0 Å². The lowest BCUT2D eigenvalue weighted by Gasteiger charge is -2.04. The van der Waals surface area contributed by atoms with Crippen molar-refractivity contribution >= 4 is 45.5 Å². The first-order chi connectivity index (χ1) is 10.2. The minimum Gasteiger partial charge on any atom is -0.464 e. The predicted octanol–water partition coefficient (Wildman–Crippen LogP) is 3.07. The molecule has 0 saturated heterocycles. The Bertz CT molecular complexity index is 798. The molecule has 0 spiro atoms. The number of halogens is 1. The van der Waals surface area contributed by atoms with Crippen LogP contribution in [0.15, 0.2) is 24.4 Å². The van der Waals surface area contributed by atoms with Crippen LogP contribution in [0.25, 0.3) is 10.9 Å². The molecule has 1 aromatic carbocycles. The number of hydrogen-bond donors (Lipinski definition) is 2. The lowest BCUT2D eigenvalue weighted by atomic mass is 10.2. The number of benzene rings is 1. The second-order valence-electron chi connectivity index (χ2n) is 4.26. The Kier molecular flexibility index (Phi) is 3.76. The SMILES string of the molecule is COC(=O)c1n[nH]c2ccc(NCc3cnc(Cl)s3)cc12. The molecular formula is C13H11ClN4O2S. The van der Waals surface area contributed by atoms with Gasteiger partial charge in [-0.05, 0) is 18.2 Å². The lowest BCUT2D eigenvalue weighted by molar-refractivity contribution is 0.0596. The number of hydrogen-bond acceptors (Lipinski definition) is 6. The van der Waals surface area contributed by atoms with E-state index in [1.807, 2.05) is 18.2 Å². The molecule has 0 saturated carbocycles. The molecule has 3 aromatic rings. The first-order valence-corrected chi connectivity index (χ1v) is 7.27. The van der Waals surface area contributed by atoms with E-state index < -0.39 is 5.97 Å². The van der Waals surface area contributed by atoms with Gasteiger partial charge in [0.05, 0.1) is 19.2 Å². The number of esters is 1. The molecule has 21 heavy (non-hydrogen) atoms. The summed E-state index contributed by atoms with van der Waals surface area (Å²) in [6, 6.07) is 5.62. The molecule has 6 nitrogen and oxygen atoms in total. The maximum Gasteiger partial charge on any atom is 0.359 e. The summed E-state index contributed by atoms with van der Waals surface area (Å²) in [7, 11) is 1.33. The fourth-order valence-electron chi connectivity index (χ4n) is 1.93. The number of H-pyrrole nitrogens is 1. The average Bonchev–Trinajstić information content (AvgIpc) is 3.10. The largest absolute Gasteiger partial charge is 0.464 e. The Labute approximate surface area is 129 Å². The highest BCUT2D eigenvalue weighted by atomic mass is 35.5. The van der Waals surface area contributed by atoms with Crippen LogP contribution < -0.4 is 5.32 Å². The summed E-state index contributed by atoms with van der Waals surface area (Å²) in [4.78, 5) is 16.7. The van der Waals surface area contributed by atoms with Crippen LogP contribution in [-0.4, -0.2) is 28.3 Å². The third-order valence-electron chi connectivity index (χ3n) is 2.93. The zero-order valence-electron chi connectivity index (χ0n) is 11.0. The Hall–Kier alpha value is -2.12. The van der Waals surface area contributed by atoms with Crippen LogP contribution in [-0.2, 0) is 11.3 Å². The van der Waals surface area contributed by atoms with Gasteiger partial charge in [-0.25, -0.2) is 9.78 Å². The molecular weight excluding hydrogens is 312 g/mol. The van der Waals surface area contributed by atoms with Crippen molar-refractivity contribution in [3.63, 3.8) is 0 Å². The number of nitrogens with one attached hydrogen (secondary N) is 2. The zero-order chi connectivity index (χ0) is 14.8. The Morgan fingerprint density at radius 1 is 1.52 bits per heavy atom. The topological polar surface area (TPSA) is 79.9 Å². The number of carbonyl (C=O) groups is 1. The van der Waals surface area contributed by atoms with Gasteiger partial charge < -0.3 is 10.1 Å². The summed E-state index contributed by atoms with van der Waals surface area (Å²) < 4.78 is 5.23. The second kappa shape index (κ2) is 5.71. The molecule has 2 aromatic heterocycles. The minimum absolute atomic E-state index is 0.275. The normalized spacial score (nSPS) is 10.8. The van der Waals surface area contributed by atoms with Crippen molar-refractivity contribution in [2.75, 3.05) is 12.4 Å². The number of aromatic amines is 1. The second-order valence-corrected chi connectivity index (χ2v) is 5.95. The Morgan fingerprint density at radius 3 is 3.10 bits per heavy atom. The van der Waals surface area contributed by atoms with Crippen molar-refractivity contribution in [1.82, 2.24) is 15.2 Å². The summed E-state index contributed by atoms with van der Waals surface area (Å²) in [6.07, 6.45) is 1.73. The van der Waals surface area contributed by atoms with E-state index in [2.05, 4.69) is 20.5 Å². The predicted molar refractivity (Wildman–Crippen MR) is 81.9 cm³/mol. The van der Waals surface area contributed by atoms with Gasteiger partial charge in [0.2, 0.25) is 0 Å². The first-order valence-electron chi connectivity index (χ1n) is 6.08. The first kappa shape index (κ1) is 13.8. The highest BCUT2D eigenvalue weighted by Crippen LogP contribution is 2.23. The van der Waals surface area contributed by atoms with Crippen LogP contribution >= 0.6 is 22.9 Å². The number of ether oxygens (including phenoxy) is 1. The van der Waals surface area contributed by atoms with Crippen LogP contribution in [0.4, 0.5) is 5.69 Å². The molecule has 0 fully saturated rings. The van der Waals surface area contributed by atoms with E-state index in [1.165, 1.54) is 18.4 Å². The summed E-state index contributed by atoms with van der Waals surface area (Å²) in [6.45, 7) is 0.612. The van der Waals surface area contributed by atoms with E-state index in [0.717, 1.165) is 16.1 Å². The van der Waals surface area contributed by atoms with Crippen molar-refractivity contribution in [2.24, 2.45) is 0 Å². The number of methoxy groups -OCH3 is 1. The molecule has 0 unspecified atom stereocenters. The number of nitrogens with zero attached hydrogens (tertiary/aromatic N) is 2. The van der Waals surface area contributed by atoms with Gasteiger partial charge in [0.25, 0.3) is 0 Å². The minimum atomic E-state index is -0.465. The van der Waals surface area contributed by atoms with Gasteiger partial charge in [0.15, 0.2) is 10.2 Å². The molecule has 0 aliphatic carbocycles. The molecule has 0 radical (unpaired) electrons. The van der Waals surface area contributed by atoms with Crippen LogP contribution in [0.2, 0.25) is 4.47 Å². The van der Waals surface area contributed by atoms with Crippen molar-refractivity contribution in [3.8, 4) is 0 Å². The summed E-state index contributed by atoms with van der Waals surface area (Å²) in [5, 5.41) is 10.8. The number of aromatic nitrogens is 3. The molecule has 0 aliphatic heterocycles. The average molecular weight is 323 g/mol. The maximum absolute atomic E-state index is 11.6. The molecule has 0 amide bonds. The zero-order valence-corrected chi connectivity index (χ0v) is 12.6. The number of carbonyl (C=O) groups excluding carboxylic acids is 1. The van der Waals surface area contributed by atoms with Gasteiger partial charge in [0, 0.05) is 22.1 Å². The number of rotatable bonds is 4. The molecule has 0 atom stereocenters. The molecule has 108 valence electrons. The number of anilines is 1. The Balaban J connectivity index is 1.84. The van der Waals surface area contributed by atoms with Gasteiger partial charge in [-0.3, -0.25) is 5.10 Å². The number of fused-ring (bicyclic) bond motifs is 1. The van der Waals surface area contributed by atoms with Crippen molar-refractivity contribution < 1.29 is 9.53 Å². The van der Waals surface area contributed by atoms with E-state index in [9.17, 15) is 4.79 Å². The van der Waals surface area contributed by atoms with E-state index in [-0.39, 0.29) is 5.69 Å². The van der Waals surface area contributed by atoms with Gasteiger partial charge in [-0.15, -0.1) is 11.3 Å². The van der Waals surface area contributed by atoms with Gasteiger partial charge in [-0.1, -0.05) is 11.6 Å². The van der Waals surface area contributed by atoms with Crippen LogP contribution in [0, 0.1) is 0 Å². The Morgan fingerprint density at radius 2 is 2.38 bits per heavy atom. The summed E-state index contributed by atoms with van der Waals surface area (Å²) >= 11 is 7.22. The van der Waals surface area contributed by atoms with Crippen LogP contribution in [0.5, 0.6) is 0 Å². The van der Waals surface area contributed by atoms with E-state index in [4.69, 9.17) is 16.3 Å². The highest BCUT2D eigenvalue weighted by Gasteiger charge is 2.14. The third-order valence-corrected chi connectivity index (χ3v) is 4.05. The van der Waals surface area contributed by atoms with Crippen LogP contribution in [0.3, 0.4) is 0 Å². The molecule has 0 bridgehead atoms. The fraction of sp³-hybridized carbons (Fsp3) is 0.154. The fourth-order valence-corrected chi connectivity index (χ4v) is 2.85. The van der Waals surface area contributed by atoms with Crippen LogP contribution in [0.1, 0.15) is 15.4 Å². The molecule has 2 N–H and O–H groups in total. The highest BCUT2D eigenvalue weighted by molar-refractivity contribution is 7.15. The summed E-state index contributed by atoms with van der Waals surface area (Å²) in [5.74, 6) is -0.465. The lowest BCUT2D eigenvalue weighted by Crippen LogP contribution is -2.02. The molecule has 2 heterocycles. The molecule has 0 aliphatic rings. The maximum atomic E-state index is 11.6. The van der Waals surface area contributed by atoms with Crippen molar-refractivity contribution in [2.45, 2.75) is 6.54 Å². The molecule has 3 rings (SSSR count). The third kappa shape index (κ3) is 2.84. The van der Waals surface area contributed by atoms with Crippen molar-refractivity contribution in [3.05, 3.63) is 39.4 Å². The van der Waals surface area contributed by atoms with E-state index >= 15 is 0 Å². The smallest absolute Gasteiger partial charge is 0.359 e. The van der Waals surface area contributed by atoms with Crippen molar-refractivity contribution in [1.29, 1.82) is 0 Å². The van der Waals surface area contributed by atoms with E-state index in [1.54, 1.807) is 6.20 Å². The number of thiazole rings is 1. The summed E-state index contributed by atoms with van der Waals surface area (Å²) in [5.41, 5.74) is 1.93.